The van der Waals surface area contributed by atoms with E-state index in [4.69, 9.17) is 9.47 Å². The highest BCUT2D eigenvalue weighted by atomic mass is 19.4. The molecule has 0 bridgehead atoms. The van der Waals surface area contributed by atoms with Gasteiger partial charge in [0.15, 0.2) is 5.78 Å². The number of carbonyl (C=O) groups is 3. The second kappa shape index (κ2) is 9.36. The SMILES string of the molecule is CC(C)(C)OC(=O)N[C@@H](C[C@@H]1CCNC1=O)C(=O)COc1cccc(C(F)(F)F)c1. The van der Waals surface area contributed by atoms with Crippen LogP contribution < -0.4 is 15.4 Å². The second-order valence-electron chi connectivity index (χ2n) is 7.99. The molecule has 1 saturated heterocycles. The van der Waals surface area contributed by atoms with Crippen LogP contribution in [0, 0.1) is 5.92 Å². The van der Waals surface area contributed by atoms with Gasteiger partial charge >= 0.3 is 12.3 Å². The van der Waals surface area contributed by atoms with Gasteiger partial charge in [0.25, 0.3) is 0 Å². The molecule has 0 aliphatic carbocycles. The molecule has 1 aromatic rings. The maximum atomic E-state index is 12.8. The fourth-order valence-electron chi connectivity index (χ4n) is 2.89. The predicted molar refractivity (Wildman–Crippen MR) is 101 cm³/mol. The van der Waals surface area contributed by atoms with Gasteiger partial charge in [0, 0.05) is 12.5 Å². The predicted octanol–water partition coefficient (Wildman–Crippen LogP) is 3.07. The summed E-state index contributed by atoms with van der Waals surface area (Å²) in [7, 11) is 0. The number of alkyl carbamates (subject to hydrolysis) is 1. The third-order valence-electron chi connectivity index (χ3n) is 4.31. The highest BCUT2D eigenvalue weighted by Crippen LogP contribution is 2.31. The molecule has 7 nitrogen and oxygen atoms in total. The number of hydrogen-bond donors (Lipinski definition) is 2. The molecule has 1 aliphatic heterocycles. The molecule has 1 aromatic carbocycles. The smallest absolute Gasteiger partial charge is 0.416 e. The number of halogens is 3. The van der Waals surface area contributed by atoms with Gasteiger partial charge in [0.2, 0.25) is 5.91 Å². The van der Waals surface area contributed by atoms with Crippen LogP contribution in [0.25, 0.3) is 0 Å². The molecule has 1 aliphatic rings. The lowest BCUT2D eigenvalue weighted by Gasteiger charge is -2.24. The van der Waals surface area contributed by atoms with E-state index in [0.717, 1.165) is 12.1 Å². The Labute approximate surface area is 172 Å². The molecule has 0 unspecified atom stereocenters. The lowest BCUT2D eigenvalue weighted by molar-refractivity contribution is -0.137. The molecule has 1 fully saturated rings. The van der Waals surface area contributed by atoms with Gasteiger partial charge in [0.1, 0.15) is 18.0 Å². The van der Waals surface area contributed by atoms with E-state index in [1.807, 2.05) is 0 Å². The number of amides is 2. The molecule has 0 radical (unpaired) electrons. The summed E-state index contributed by atoms with van der Waals surface area (Å²) in [6, 6.07) is 3.05. The number of ether oxygens (including phenoxy) is 2. The van der Waals surface area contributed by atoms with Gasteiger partial charge in [-0.1, -0.05) is 6.07 Å². The third-order valence-corrected chi connectivity index (χ3v) is 4.31. The van der Waals surface area contributed by atoms with E-state index in [9.17, 15) is 27.6 Å². The summed E-state index contributed by atoms with van der Waals surface area (Å²) in [5.41, 5.74) is -1.70. The van der Waals surface area contributed by atoms with Crippen LogP contribution in [0.15, 0.2) is 24.3 Å². The molecule has 1 heterocycles. The summed E-state index contributed by atoms with van der Waals surface area (Å²) in [5, 5.41) is 5.09. The number of benzene rings is 1. The minimum absolute atomic E-state index is 0.0376. The van der Waals surface area contributed by atoms with Crippen LogP contribution in [0.5, 0.6) is 5.75 Å². The molecule has 0 aromatic heterocycles. The zero-order chi connectivity index (χ0) is 22.5. The summed E-state index contributed by atoms with van der Waals surface area (Å²) in [6.07, 6.45) is -4.83. The Morgan fingerprint density at radius 3 is 2.53 bits per heavy atom. The van der Waals surface area contributed by atoms with Crippen LogP contribution in [-0.2, 0) is 20.5 Å². The van der Waals surface area contributed by atoms with Gasteiger partial charge in [-0.2, -0.15) is 13.2 Å². The maximum Gasteiger partial charge on any atom is 0.416 e. The average Bonchev–Trinajstić information content (AvgIpc) is 3.02. The van der Waals surface area contributed by atoms with Crippen molar-refractivity contribution in [2.75, 3.05) is 13.2 Å². The minimum Gasteiger partial charge on any atom is -0.486 e. The first kappa shape index (κ1) is 23.5. The third kappa shape index (κ3) is 7.23. The van der Waals surface area contributed by atoms with Gasteiger partial charge in [-0.25, -0.2) is 4.79 Å². The summed E-state index contributed by atoms with van der Waals surface area (Å²) >= 11 is 0. The van der Waals surface area contributed by atoms with Crippen molar-refractivity contribution in [1.82, 2.24) is 10.6 Å². The van der Waals surface area contributed by atoms with Gasteiger partial charge in [-0.3, -0.25) is 9.59 Å². The van der Waals surface area contributed by atoms with Crippen LogP contribution in [0.1, 0.15) is 39.2 Å². The normalized spacial score (nSPS) is 17.8. The Kier molecular flexibility index (Phi) is 7.33. The first-order valence-electron chi connectivity index (χ1n) is 9.45. The van der Waals surface area contributed by atoms with E-state index in [0.29, 0.717) is 13.0 Å². The van der Waals surface area contributed by atoms with Crippen LogP contribution in [0.3, 0.4) is 0 Å². The van der Waals surface area contributed by atoms with Crippen LogP contribution in [-0.4, -0.2) is 42.6 Å². The van der Waals surface area contributed by atoms with Crippen molar-refractivity contribution in [2.24, 2.45) is 5.92 Å². The topological polar surface area (TPSA) is 93.7 Å². The van der Waals surface area contributed by atoms with E-state index in [1.165, 1.54) is 12.1 Å². The standard InChI is InChI=1S/C20H25F3N2O5/c1-19(2,3)30-18(28)25-15(9-12-7-8-24-17(12)27)16(26)11-29-14-6-4-5-13(10-14)20(21,22)23/h4-6,10,12,15H,7-9,11H2,1-3H3,(H,24,27)(H,25,28)/t12-,15-/m0/s1. The van der Waals surface area contributed by atoms with E-state index in [2.05, 4.69) is 10.6 Å². The molecule has 10 heteroatoms. The van der Waals surface area contributed by atoms with Crippen molar-refractivity contribution in [1.29, 1.82) is 0 Å². The van der Waals surface area contributed by atoms with E-state index < -0.39 is 47.8 Å². The van der Waals surface area contributed by atoms with Crippen LogP contribution in [0.4, 0.5) is 18.0 Å². The van der Waals surface area contributed by atoms with E-state index >= 15 is 0 Å². The van der Waals surface area contributed by atoms with Gasteiger partial charge in [0.05, 0.1) is 11.6 Å². The molecule has 30 heavy (non-hydrogen) atoms. The number of ketones is 1. The van der Waals surface area contributed by atoms with E-state index in [1.54, 1.807) is 20.8 Å². The lowest BCUT2D eigenvalue weighted by Crippen LogP contribution is -2.46. The molecule has 2 N–H and O–H groups in total. The first-order valence-corrected chi connectivity index (χ1v) is 9.45. The molecule has 2 rings (SSSR count). The Bertz CT molecular complexity index is 789. The van der Waals surface area contributed by atoms with Gasteiger partial charge in [-0.15, -0.1) is 0 Å². The first-order chi connectivity index (χ1) is 13.8. The Hall–Kier alpha value is -2.78. The number of alkyl halides is 3. The molecule has 166 valence electrons. The zero-order valence-electron chi connectivity index (χ0n) is 17.0. The average molecular weight is 430 g/mol. The largest absolute Gasteiger partial charge is 0.486 e. The van der Waals surface area contributed by atoms with Crippen molar-refractivity contribution >= 4 is 17.8 Å². The molecule has 0 spiro atoms. The quantitative estimate of drug-likeness (QED) is 0.694. The number of rotatable bonds is 7. The summed E-state index contributed by atoms with van der Waals surface area (Å²) in [6.45, 7) is 4.87. The van der Waals surface area contributed by atoms with Crippen molar-refractivity contribution in [3.8, 4) is 5.75 Å². The number of nitrogens with one attached hydrogen (secondary N) is 2. The zero-order valence-corrected chi connectivity index (χ0v) is 17.0. The minimum atomic E-state index is -4.54. The van der Waals surface area contributed by atoms with Gasteiger partial charge < -0.3 is 20.1 Å². The maximum absolute atomic E-state index is 12.8. The monoisotopic (exact) mass is 430 g/mol. The molecular weight excluding hydrogens is 405 g/mol. The number of carbonyl (C=O) groups excluding carboxylic acids is 3. The Morgan fingerprint density at radius 2 is 1.97 bits per heavy atom. The molecular formula is C20H25F3N2O5. The highest BCUT2D eigenvalue weighted by molar-refractivity contribution is 5.90. The molecule has 0 saturated carbocycles. The summed E-state index contributed by atoms with van der Waals surface area (Å²) in [4.78, 5) is 36.6. The summed E-state index contributed by atoms with van der Waals surface area (Å²) in [5.74, 6) is -1.41. The van der Waals surface area contributed by atoms with E-state index in [-0.39, 0.29) is 18.1 Å². The van der Waals surface area contributed by atoms with Crippen molar-refractivity contribution in [3.05, 3.63) is 29.8 Å². The Balaban J connectivity index is 2.06. The van der Waals surface area contributed by atoms with Gasteiger partial charge in [-0.05, 0) is 51.8 Å². The van der Waals surface area contributed by atoms with Crippen LogP contribution >= 0.6 is 0 Å². The van der Waals surface area contributed by atoms with Crippen molar-refractivity contribution in [3.63, 3.8) is 0 Å². The fourth-order valence-corrected chi connectivity index (χ4v) is 2.89. The fraction of sp³-hybridized carbons (Fsp3) is 0.550. The number of hydrogen-bond acceptors (Lipinski definition) is 5. The van der Waals surface area contributed by atoms with Crippen molar-refractivity contribution in [2.45, 2.75) is 51.4 Å². The number of Topliss-reactive ketones (excluding diaryl/α,β-unsaturated/α-hetero) is 1. The molecule has 2 amide bonds. The highest BCUT2D eigenvalue weighted by Gasteiger charge is 2.33. The second-order valence-corrected chi connectivity index (χ2v) is 7.99. The summed E-state index contributed by atoms with van der Waals surface area (Å²) < 4.78 is 48.8. The van der Waals surface area contributed by atoms with Crippen LogP contribution in [0.2, 0.25) is 0 Å². The Morgan fingerprint density at radius 1 is 1.27 bits per heavy atom. The lowest BCUT2D eigenvalue weighted by atomic mass is 9.96. The molecule has 2 atom stereocenters. The van der Waals surface area contributed by atoms with Crippen molar-refractivity contribution < 1.29 is 37.0 Å².